The molecule has 224 valence electrons. The zero-order valence-corrected chi connectivity index (χ0v) is 24.3. The quantitative estimate of drug-likeness (QED) is 0.271. The molecule has 1 aliphatic rings. The molecular weight excluding hydrogens is 551 g/mol. The van der Waals surface area contributed by atoms with Crippen LogP contribution in [0.25, 0.3) is 11.4 Å². The van der Waals surface area contributed by atoms with E-state index in [0.717, 1.165) is 37.7 Å². The summed E-state index contributed by atoms with van der Waals surface area (Å²) in [5, 5.41) is 15.8. The molecule has 1 aliphatic carbocycles. The molecule has 5 rings (SSSR count). The van der Waals surface area contributed by atoms with Crippen molar-refractivity contribution in [1.82, 2.24) is 30.4 Å². The maximum absolute atomic E-state index is 14.0. The lowest BCUT2D eigenvalue weighted by atomic mass is 9.94. The summed E-state index contributed by atoms with van der Waals surface area (Å²) in [7, 11) is 3.16. The van der Waals surface area contributed by atoms with Gasteiger partial charge in [-0.3, -0.25) is 9.59 Å². The highest BCUT2D eigenvalue weighted by molar-refractivity contribution is 5.89. The SMILES string of the molecule is COc1ccc(CN(C(=O)Cn2nnc(-c3ccc(OC)cc3)n2)C(C(=O)NC2CCCCC2)c2ccc(F)cc2)cc1. The number of hydrogen-bond donors (Lipinski definition) is 1. The largest absolute Gasteiger partial charge is 0.497 e. The first-order valence-corrected chi connectivity index (χ1v) is 14.3. The van der Waals surface area contributed by atoms with Gasteiger partial charge in [0, 0.05) is 18.2 Å². The number of carbonyl (C=O) groups excluding carboxylic acids is 2. The highest BCUT2D eigenvalue weighted by Crippen LogP contribution is 2.27. The topological polar surface area (TPSA) is 111 Å². The lowest BCUT2D eigenvalue weighted by Gasteiger charge is -2.33. The minimum absolute atomic E-state index is 0.0196. The summed E-state index contributed by atoms with van der Waals surface area (Å²) in [6.07, 6.45) is 4.97. The Morgan fingerprint density at radius 3 is 2.19 bits per heavy atom. The van der Waals surface area contributed by atoms with E-state index in [1.54, 1.807) is 62.8 Å². The highest BCUT2D eigenvalue weighted by atomic mass is 19.1. The third-order valence-electron chi connectivity index (χ3n) is 7.61. The van der Waals surface area contributed by atoms with Crippen LogP contribution in [0.15, 0.2) is 72.8 Å². The van der Waals surface area contributed by atoms with Crippen LogP contribution < -0.4 is 14.8 Å². The zero-order valence-electron chi connectivity index (χ0n) is 24.3. The average molecular weight is 587 g/mol. The van der Waals surface area contributed by atoms with Crippen molar-refractivity contribution in [2.45, 2.75) is 57.3 Å². The molecule has 2 amide bonds. The molecule has 1 saturated carbocycles. The molecule has 10 nitrogen and oxygen atoms in total. The number of ether oxygens (including phenoxy) is 2. The van der Waals surface area contributed by atoms with Crippen molar-refractivity contribution in [3.63, 3.8) is 0 Å². The van der Waals surface area contributed by atoms with E-state index in [-0.39, 0.29) is 25.0 Å². The third-order valence-corrected chi connectivity index (χ3v) is 7.61. The number of hydrogen-bond acceptors (Lipinski definition) is 7. The molecule has 1 fully saturated rings. The molecule has 11 heteroatoms. The van der Waals surface area contributed by atoms with Crippen molar-refractivity contribution in [2.75, 3.05) is 14.2 Å². The van der Waals surface area contributed by atoms with Gasteiger partial charge in [0.15, 0.2) is 0 Å². The summed E-state index contributed by atoms with van der Waals surface area (Å²) in [6.45, 7) is -0.142. The van der Waals surface area contributed by atoms with Crippen molar-refractivity contribution in [3.8, 4) is 22.9 Å². The van der Waals surface area contributed by atoms with Crippen LogP contribution in [0.2, 0.25) is 0 Å². The Bertz CT molecular complexity index is 1500. The number of rotatable bonds is 11. The maximum Gasteiger partial charge on any atom is 0.247 e. The van der Waals surface area contributed by atoms with E-state index in [2.05, 4.69) is 20.7 Å². The third kappa shape index (κ3) is 7.54. The Morgan fingerprint density at radius 1 is 0.930 bits per heavy atom. The van der Waals surface area contributed by atoms with E-state index < -0.39 is 17.8 Å². The van der Waals surface area contributed by atoms with Gasteiger partial charge in [-0.1, -0.05) is 43.5 Å². The minimum atomic E-state index is -1.01. The number of aromatic nitrogens is 4. The molecule has 0 bridgehead atoms. The molecular formula is C32H35FN6O4. The van der Waals surface area contributed by atoms with E-state index >= 15 is 0 Å². The second-order valence-corrected chi connectivity index (χ2v) is 10.5. The molecule has 1 unspecified atom stereocenters. The summed E-state index contributed by atoms with van der Waals surface area (Å²) in [5.41, 5.74) is 2.00. The molecule has 4 aromatic rings. The summed E-state index contributed by atoms with van der Waals surface area (Å²) in [4.78, 5) is 30.7. The van der Waals surface area contributed by atoms with Gasteiger partial charge in [-0.15, -0.1) is 10.2 Å². The fraction of sp³-hybridized carbons (Fsp3) is 0.344. The van der Waals surface area contributed by atoms with E-state index in [4.69, 9.17) is 9.47 Å². The Balaban J connectivity index is 1.46. The number of amides is 2. The van der Waals surface area contributed by atoms with Crippen molar-refractivity contribution >= 4 is 11.8 Å². The summed E-state index contributed by atoms with van der Waals surface area (Å²) in [6, 6.07) is 19.2. The van der Waals surface area contributed by atoms with Gasteiger partial charge in [0.2, 0.25) is 17.6 Å². The summed E-state index contributed by atoms with van der Waals surface area (Å²) in [5.74, 6) is 0.570. The number of benzene rings is 3. The fourth-order valence-corrected chi connectivity index (χ4v) is 5.27. The van der Waals surface area contributed by atoms with Crippen LogP contribution in [0, 0.1) is 5.82 Å². The fourth-order valence-electron chi connectivity index (χ4n) is 5.27. The normalized spacial score (nSPS) is 14.1. The Morgan fingerprint density at radius 2 is 1.56 bits per heavy atom. The minimum Gasteiger partial charge on any atom is -0.497 e. The zero-order chi connectivity index (χ0) is 30.2. The molecule has 1 aromatic heterocycles. The van der Waals surface area contributed by atoms with Crippen LogP contribution >= 0.6 is 0 Å². The number of nitrogens with zero attached hydrogens (tertiary/aromatic N) is 5. The first-order chi connectivity index (χ1) is 20.9. The van der Waals surface area contributed by atoms with E-state index in [0.29, 0.717) is 28.5 Å². The molecule has 1 atom stereocenters. The smallest absolute Gasteiger partial charge is 0.247 e. The standard InChI is InChI=1S/C32H35FN6O4/c1-42-27-16-8-22(9-17-27)20-38(29(40)21-39-36-31(35-37-39)24-12-18-28(43-2)19-13-24)30(23-10-14-25(33)15-11-23)32(41)34-26-6-4-3-5-7-26/h8-19,26,30H,3-7,20-21H2,1-2H3,(H,34,41). The first kappa shape index (κ1) is 29.7. The molecule has 0 saturated heterocycles. The van der Waals surface area contributed by atoms with Crippen molar-refractivity contribution in [1.29, 1.82) is 0 Å². The number of methoxy groups -OCH3 is 2. The Hall–Kier alpha value is -4.80. The van der Waals surface area contributed by atoms with Gasteiger partial charge >= 0.3 is 0 Å². The molecule has 1 heterocycles. The van der Waals surface area contributed by atoms with Gasteiger partial charge in [0.25, 0.3) is 0 Å². The monoisotopic (exact) mass is 586 g/mol. The lowest BCUT2D eigenvalue weighted by molar-refractivity contribution is -0.142. The Labute approximate surface area is 249 Å². The van der Waals surface area contributed by atoms with Crippen molar-refractivity contribution in [2.24, 2.45) is 0 Å². The second kappa shape index (κ2) is 13.9. The number of tetrazole rings is 1. The van der Waals surface area contributed by atoms with Gasteiger partial charge < -0.3 is 19.7 Å². The number of nitrogens with one attached hydrogen (secondary N) is 1. The van der Waals surface area contributed by atoms with Crippen LogP contribution in [-0.2, 0) is 22.7 Å². The number of carbonyl (C=O) groups is 2. The molecule has 0 spiro atoms. The molecule has 43 heavy (non-hydrogen) atoms. The van der Waals surface area contributed by atoms with Crippen LogP contribution in [0.5, 0.6) is 11.5 Å². The lowest BCUT2D eigenvalue weighted by Crippen LogP contribution is -2.47. The second-order valence-electron chi connectivity index (χ2n) is 10.5. The first-order valence-electron chi connectivity index (χ1n) is 14.3. The van der Waals surface area contributed by atoms with E-state index in [9.17, 15) is 14.0 Å². The average Bonchev–Trinajstić information content (AvgIpc) is 3.51. The van der Waals surface area contributed by atoms with Gasteiger partial charge in [0.1, 0.15) is 29.9 Å². The predicted molar refractivity (Wildman–Crippen MR) is 158 cm³/mol. The number of halogens is 1. The molecule has 0 radical (unpaired) electrons. The van der Waals surface area contributed by atoms with Crippen LogP contribution in [0.3, 0.4) is 0 Å². The van der Waals surface area contributed by atoms with Gasteiger partial charge in [0.05, 0.1) is 14.2 Å². The predicted octanol–water partition coefficient (Wildman–Crippen LogP) is 4.72. The molecule has 3 aromatic carbocycles. The van der Waals surface area contributed by atoms with Crippen molar-refractivity contribution < 1.29 is 23.5 Å². The maximum atomic E-state index is 14.0. The van der Waals surface area contributed by atoms with Gasteiger partial charge in [-0.05, 0) is 77.7 Å². The molecule has 1 N–H and O–H groups in total. The van der Waals surface area contributed by atoms with E-state index in [1.807, 2.05) is 12.1 Å². The van der Waals surface area contributed by atoms with E-state index in [1.165, 1.54) is 21.8 Å². The highest BCUT2D eigenvalue weighted by Gasteiger charge is 2.33. The van der Waals surface area contributed by atoms with Gasteiger partial charge in [-0.2, -0.15) is 4.80 Å². The van der Waals surface area contributed by atoms with Crippen molar-refractivity contribution in [3.05, 3.63) is 89.7 Å². The van der Waals surface area contributed by atoms with Crippen LogP contribution in [0.1, 0.15) is 49.3 Å². The summed E-state index contributed by atoms with van der Waals surface area (Å²) < 4.78 is 24.4. The summed E-state index contributed by atoms with van der Waals surface area (Å²) >= 11 is 0. The van der Waals surface area contributed by atoms with Crippen LogP contribution in [-0.4, -0.2) is 57.2 Å². The van der Waals surface area contributed by atoms with Crippen LogP contribution in [0.4, 0.5) is 4.39 Å². The van der Waals surface area contributed by atoms with Gasteiger partial charge in [-0.25, -0.2) is 4.39 Å². The molecule has 0 aliphatic heterocycles. The Kier molecular flexibility index (Phi) is 9.60.